The zero-order valence-corrected chi connectivity index (χ0v) is 14.5. The number of nitrogens with zero attached hydrogens (tertiary/aromatic N) is 2. The molecule has 2 aromatic carbocycles. The second kappa shape index (κ2) is 6.50. The first kappa shape index (κ1) is 17.2. The predicted molar refractivity (Wildman–Crippen MR) is 100 cm³/mol. The summed E-state index contributed by atoms with van der Waals surface area (Å²) < 4.78 is 42.7. The Balaban J connectivity index is 2.17. The first-order valence-corrected chi connectivity index (χ1v) is 8.43. The minimum Gasteiger partial charge on any atom is -0.237 e. The number of hydrogen-bond acceptors (Lipinski definition) is 2. The molecule has 0 atom stereocenters. The van der Waals surface area contributed by atoms with Gasteiger partial charge < -0.3 is 0 Å². The maximum atomic E-state index is 14.2. The Morgan fingerprint density at radius 2 is 1.48 bits per heavy atom. The third-order valence-electron chi connectivity index (χ3n) is 4.43. The molecule has 0 N–H and O–H groups in total. The summed E-state index contributed by atoms with van der Waals surface area (Å²) in [5.74, 6) is 0. The van der Waals surface area contributed by atoms with Crippen molar-refractivity contribution in [1.82, 2.24) is 9.97 Å². The standard InChI is InChI=1S/C22H15F3N2/c1-14-9-11-16(12-10-14)20-19(22(23,24)25)18(15-6-3-2-4-7-15)17-8-5-13-26-21(17)27-20/h2-13H,1H3. The molecule has 0 fully saturated rings. The molecule has 0 saturated carbocycles. The fraction of sp³-hybridized carbons (Fsp3) is 0.0909. The zero-order valence-electron chi connectivity index (χ0n) is 14.5. The molecule has 0 aliphatic heterocycles. The number of benzene rings is 2. The number of aromatic nitrogens is 2. The van der Waals surface area contributed by atoms with Crippen molar-refractivity contribution in [3.63, 3.8) is 0 Å². The van der Waals surface area contributed by atoms with Gasteiger partial charge in [-0.25, -0.2) is 9.97 Å². The average molecular weight is 364 g/mol. The van der Waals surface area contributed by atoms with E-state index in [-0.39, 0.29) is 11.3 Å². The second-order valence-corrected chi connectivity index (χ2v) is 6.31. The smallest absolute Gasteiger partial charge is 0.237 e. The summed E-state index contributed by atoms with van der Waals surface area (Å²) in [5.41, 5.74) is 1.42. The van der Waals surface area contributed by atoms with Crippen LogP contribution in [0.4, 0.5) is 13.2 Å². The molecule has 0 aliphatic carbocycles. The highest BCUT2D eigenvalue weighted by Crippen LogP contribution is 2.45. The van der Waals surface area contributed by atoms with E-state index in [4.69, 9.17) is 0 Å². The summed E-state index contributed by atoms with van der Waals surface area (Å²) in [4.78, 5) is 8.51. The lowest BCUT2D eigenvalue weighted by atomic mass is 9.92. The van der Waals surface area contributed by atoms with Gasteiger partial charge in [0, 0.05) is 22.7 Å². The minimum atomic E-state index is -4.57. The highest BCUT2D eigenvalue weighted by atomic mass is 19.4. The summed E-state index contributed by atoms with van der Waals surface area (Å²) in [6.45, 7) is 1.89. The fourth-order valence-electron chi connectivity index (χ4n) is 3.20. The van der Waals surface area contributed by atoms with Gasteiger partial charge in [0.2, 0.25) is 0 Å². The van der Waals surface area contributed by atoms with E-state index in [1.807, 2.05) is 6.92 Å². The normalized spacial score (nSPS) is 11.7. The van der Waals surface area contributed by atoms with Crippen LogP contribution in [-0.2, 0) is 6.18 Å². The van der Waals surface area contributed by atoms with E-state index in [2.05, 4.69) is 9.97 Å². The van der Waals surface area contributed by atoms with Gasteiger partial charge >= 0.3 is 6.18 Å². The van der Waals surface area contributed by atoms with Gasteiger partial charge in [-0.15, -0.1) is 0 Å². The van der Waals surface area contributed by atoms with Gasteiger partial charge in [0.25, 0.3) is 0 Å². The summed E-state index contributed by atoms with van der Waals surface area (Å²) >= 11 is 0. The van der Waals surface area contributed by atoms with Crippen molar-refractivity contribution in [2.24, 2.45) is 0 Å². The van der Waals surface area contributed by atoms with Gasteiger partial charge in [-0.2, -0.15) is 13.2 Å². The molecule has 0 aliphatic rings. The minimum absolute atomic E-state index is 0.104. The number of hydrogen-bond donors (Lipinski definition) is 0. The highest BCUT2D eigenvalue weighted by molar-refractivity contribution is 5.98. The van der Waals surface area contributed by atoms with Crippen molar-refractivity contribution in [3.8, 4) is 22.4 Å². The van der Waals surface area contributed by atoms with Crippen molar-refractivity contribution in [1.29, 1.82) is 0 Å². The first-order valence-electron chi connectivity index (χ1n) is 8.43. The molecule has 5 heteroatoms. The second-order valence-electron chi connectivity index (χ2n) is 6.31. The summed E-state index contributed by atoms with van der Waals surface area (Å²) in [6, 6.07) is 18.7. The number of halogens is 3. The Kier molecular flexibility index (Phi) is 4.15. The maximum absolute atomic E-state index is 14.2. The Bertz CT molecular complexity index is 1100. The molecule has 0 radical (unpaired) electrons. The van der Waals surface area contributed by atoms with Crippen LogP contribution in [0.3, 0.4) is 0 Å². The summed E-state index contributed by atoms with van der Waals surface area (Å²) in [7, 11) is 0. The molecule has 0 amide bonds. The lowest BCUT2D eigenvalue weighted by Crippen LogP contribution is -2.12. The average Bonchev–Trinajstić information content (AvgIpc) is 2.67. The van der Waals surface area contributed by atoms with E-state index >= 15 is 0 Å². The third-order valence-corrected chi connectivity index (χ3v) is 4.43. The van der Waals surface area contributed by atoms with Crippen LogP contribution in [0.25, 0.3) is 33.4 Å². The van der Waals surface area contributed by atoms with E-state index in [0.717, 1.165) is 5.56 Å². The molecule has 27 heavy (non-hydrogen) atoms. The third kappa shape index (κ3) is 3.16. The first-order chi connectivity index (χ1) is 12.9. The van der Waals surface area contributed by atoms with Gasteiger partial charge in [0.15, 0.2) is 5.65 Å². The topological polar surface area (TPSA) is 25.8 Å². The quantitative estimate of drug-likeness (QED) is 0.418. The van der Waals surface area contributed by atoms with Crippen molar-refractivity contribution in [2.45, 2.75) is 13.1 Å². The van der Waals surface area contributed by atoms with Crippen LogP contribution in [-0.4, -0.2) is 9.97 Å². The molecule has 134 valence electrons. The maximum Gasteiger partial charge on any atom is 0.419 e. The van der Waals surface area contributed by atoms with Crippen molar-refractivity contribution < 1.29 is 13.2 Å². The van der Waals surface area contributed by atoms with Gasteiger partial charge in [-0.1, -0.05) is 60.2 Å². The van der Waals surface area contributed by atoms with Gasteiger partial charge in [-0.3, -0.25) is 0 Å². The lowest BCUT2D eigenvalue weighted by Gasteiger charge is -2.19. The van der Waals surface area contributed by atoms with Crippen LogP contribution < -0.4 is 0 Å². The Morgan fingerprint density at radius 1 is 0.778 bits per heavy atom. The van der Waals surface area contributed by atoms with Crippen molar-refractivity contribution in [2.75, 3.05) is 0 Å². The van der Waals surface area contributed by atoms with Crippen LogP contribution in [0.15, 0.2) is 72.9 Å². The van der Waals surface area contributed by atoms with E-state index in [9.17, 15) is 13.2 Å². The van der Waals surface area contributed by atoms with Gasteiger partial charge in [0.1, 0.15) is 0 Å². The number of pyridine rings is 2. The Labute approximate surface area is 154 Å². The SMILES string of the molecule is Cc1ccc(-c2nc3ncccc3c(-c3ccccc3)c2C(F)(F)F)cc1. The molecule has 2 aromatic heterocycles. The predicted octanol–water partition coefficient (Wildman–Crippen LogP) is 6.29. The number of alkyl halides is 3. The largest absolute Gasteiger partial charge is 0.419 e. The molecular formula is C22H15F3N2. The molecule has 0 saturated heterocycles. The van der Waals surface area contributed by atoms with E-state index in [1.54, 1.807) is 66.7 Å². The number of aryl methyl sites for hydroxylation is 1. The molecule has 4 rings (SSSR count). The van der Waals surface area contributed by atoms with E-state index in [0.29, 0.717) is 22.2 Å². The molecule has 4 aromatic rings. The highest BCUT2D eigenvalue weighted by Gasteiger charge is 2.39. The summed E-state index contributed by atoms with van der Waals surface area (Å²) in [6.07, 6.45) is -3.03. The van der Waals surface area contributed by atoms with Crippen LogP contribution in [0.2, 0.25) is 0 Å². The molecule has 2 heterocycles. The van der Waals surface area contributed by atoms with Gasteiger partial charge in [0.05, 0.1) is 11.3 Å². The fourth-order valence-corrected chi connectivity index (χ4v) is 3.20. The van der Waals surface area contributed by atoms with Crippen LogP contribution in [0.1, 0.15) is 11.1 Å². The van der Waals surface area contributed by atoms with Crippen molar-refractivity contribution >= 4 is 11.0 Å². The number of fused-ring (bicyclic) bond motifs is 1. The molecule has 0 unspecified atom stereocenters. The van der Waals surface area contributed by atoms with E-state index < -0.39 is 11.7 Å². The molecule has 0 bridgehead atoms. The zero-order chi connectivity index (χ0) is 19.0. The molecule has 2 nitrogen and oxygen atoms in total. The van der Waals surface area contributed by atoms with Crippen LogP contribution in [0.5, 0.6) is 0 Å². The van der Waals surface area contributed by atoms with Crippen molar-refractivity contribution in [3.05, 3.63) is 84.1 Å². The number of rotatable bonds is 2. The molecule has 0 spiro atoms. The lowest BCUT2D eigenvalue weighted by molar-refractivity contribution is -0.136. The van der Waals surface area contributed by atoms with Crippen LogP contribution >= 0.6 is 0 Å². The van der Waals surface area contributed by atoms with E-state index in [1.165, 1.54) is 6.20 Å². The van der Waals surface area contributed by atoms with Crippen LogP contribution in [0, 0.1) is 6.92 Å². The Hall–Kier alpha value is -3.21. The molecular weight excluding hydrogens is 349 g/mol. The Morgan fingerprint density at radius 3 is 2.15 bits per heavy atom. The monoisotopic (exact) mass is 364 g/mol. The summed E-state index contributed by atoms with van der Waals surface area (Å²) in [5, 5.41) is 0.381. The van der Waals surface area contributed by atoms with Gasteiger partial charge in [-0.05, 0) is 24.6 Å².